The van der Waals surface area contributed by atoms with E-state index in [1.807, 2.05) is 0 Å². The maximum absolute atomic E-state index is 11.1. The second-order valence-corrected chi connectivity index (χ2v) is 4.47. The van der Waals surface area contributed by atoms with E-state index in [-0.39, 0.29) is 16.1 Å². The molecule has 0 atom stereocenters. The van der Waals surface area contributed by atoms with Crippen LogP contribution in [0.4, 0.5) is 11.4 Å². The number of carbonyl (C=O) groups excluding carboxylic acids is 1. The SMILES string of the molecule is NC(=O)c1ccc(Nc2ccc(C(=O)O)cc2)cc1Cl. The number of nitrogens with one attached hydrogen (secondary N) is 1. The third-order valence-electron chi connectivity index (χ3n) is 2.66. The van der Waals surface area contributed by atoms with Crippen LogP contribution in [0.25, 0.3) is 0 Å². The topological polar surface area (TPSA) is 92.4 Å². The smallest absolute Gasteiger partial charge is 0.335 e. The van der Waals surface area contributed by atoms with Crippen LogP contribution >= 0.6 is 11.6 Å². The second kappa shape index (κ2) is 5.63. The van der Waals surface area contributed by atoms with Gasteiger partial charge >= 0.3 is 5.97 Å². The minimum Gasteiger partial charge on any atom is -0.478 e. The summed E-state index contributed by atoms with van der Waals surface area (Å²) in [6.45, 7) is 0. The number of aromatic carboxylic acids is 1. The Hall–Kier alpha value is -2.53. The van der Waals surface area contributed by atoms with Crippen LogP contribution in [0, 0.1) is 0 Å². The molecule has 2 aromatic rings. The van der Waals surface area contributed by atoms with Crippen LogP contribution < -0.4 is 11.1 Å². The molecule has 0 aliphatic rings. The molecule has 2 aromatic carbocycles. The van der Waals surface area contributed by atoms with Gasteiger partial charge in [0, 0.05) is 11.4 Å². The standard InChI is InChI=1S/C14H11ClN2O3/c15-12-7-10(5-6-11(12)13(16)18)17-9-3-1-8(2-4-9)14(19)20/h1-7,17H,(H2,16,18)(H,19,20). The van der Waals surface area contributed by atoms with Crippen molar-refractivity contribution in [2.75, 3.05) is 5.32 Å². The van der Waals surface area contributed by atoms with E-state index in [9.17, 15) is 9.59 Å². The minimum atomic E-state index is -0.981. The molecular weight excluding hydrogens is 280 g/mol. The molecule has 0 aliphatic carbocycles. The van der Waals surface area contributed by atoms with E-state index in [1.165, 1.54) is 18.2 Å². The van der Waals surface area contributed by atoms with E-state index < -0.39 is 11.9 Å². The van der Waals surface area contributed by atoms with Gasteiger partial charge in [0.2, 0.25) is 5.91 Å². The molecule has 0 unspecified atom stereocenters. The average Bonchev–Trinajstić information content (AvgIpc) is 2.39. The number of hydrogen-bond acceptors (Lipinski definition) is 3. The quantitative estimate of drug-likeness (QED) is 0.807. The number of nitrogens with two attached hydrogens (primary N) is 1. The Labute approximate surface area is 120 Å². The lowest BCUT2D eigenvalue weighted by Crippen LogP contribution is -2.11. The molecule has 5 nitrogen and oxygen atoms in total. The molecule has 2 rings (SSSR count). The van der Waals surface area contributed by atoms with Gasteiger partial charge in [-0.2, -0.15) is 0 Å². The van der Waals surface area contributed by atoms with Crippen molar-refractivity contribution in [1.82, 2.24) is 0 Å². The van der Waals surface area contributed by atoms with Crippen LogP contribution in [0.3, 0.4) is 0 Å². The van der Waals surface area contributed by atoms with Crippen LogP contribution in [0.2, 0.25) is 5.02 Å². The van der Waals surface area contributed by atoms with Gasteiger partial charge < -0.3 is 16.2 Å². The molecule has 0 heterocycles. The Morgan fingerprint density at radius 1 is 1.05 bits per heavy atom. The van der Waals surface area contributed by atoms with Gasteiger partial charge in [0.1, 0.15) is 0 Å². The lowest BCUT2D eigenvalue weighted by molar-refractivity contribution is 0.0696. The third kappa shape index (κ3) is 3.07. The Morgan fingerprint density at radius 2 is 1.65 bits per heavy atom. The van der Waals surface area contributed by atoms with Crippen molar-refractivity contribution in [3.8, 4) is 0 Å². The van der Waals surface area contributed by atoms with Crippen molar-refractivity contribution in [3.05, 3.63) is 58.6 Å². The fourth-order valence-electron chi connectivity index (χ4n) is 1.66. The second-order valence-electron chi connectivity index (χ2n) is 4.07. The van der Waals surface area contributed by atoms with E-state index in [2.05, 4.69) is 5.32 Å². The summed E-state index contributed by atoms with van der Waals surface area (Å²) in [4.78, 5) is 21.8. The van der Waals surface area contributed by atoms with E-state index >= 15 is 0 Å². The largest absolute Gasteiger partial charge is 0.478 e. The van der Waals surface area contributed by atoms with Gasteiger partial charge in [-0.1, -0.05) is 11.6 Å². The molecule has 0 spiro atoms. The fourth-order valence-corrected chi connectivity index (χ4v) is 1.93. The van der Waals surface area contributed by atoms with Crippen LogP contribution in [-0.2, 0) is 0 Å². The highest BCUT2D eigenvalue weighted by molar-refractivity contribution is 6.34. The first-order valence-corrected chi connectivity index (χ1v) is 6.05. The summed E-state index contributed by atoms with van der Waals surface area (Å²) in [5, 5.41) is 12.1. The van der Waals surface area contributed by atoms with Gasteiger partial charge in [-0.25, -0.2) is 4.79 Å². The first kappa shape index (κ1) is 13.9. The first-order valence-electron chi connectivity index (χ1n) is 5.67. The van der Waals surface area contributed by atoms with Gasteiger partial charge in [-0.15, -0.1) is 0 Å². The molecule has 0 aromatic heterocycles. The van der Waals surface area contributed by atoms with Crippen molar-refractivity contribution in [2.24, 2.45) is 5.73 Å². The number of halogens is 1. The van der Waals surface area contributed by atoms with Crippen molar-refractivity contribution in [1.29, 1.82) is 0 Å². The van der Waals surface area contributed by atoms with E-state index in [0.717, 1.165) is 0 Å². The number of anilines is 2. The molecule has 0 bridgehead atoms. The molecule has 20 heavy (non-hydrogen) atoms. The Balaban J connectivity index is 2.19. The molecule has 0 radical (unpaired) electrons. The molecule has 0 saturated heterocycles. The maximum Gasteiger partial charge on any atom is 0.335 e. The lowest BCUT2D eigenvalue weighted by Gasteiger charge is -2.08. The van der Waals surface area contributed by atoms with Crippen molar-refractivity contribution >= 4 is 34.9 Å². The number of primary amides is 1. The summed E-state index contributed by atoms with van der Waals surface area (Å²) in [7, 11) is 0. The van der Waals surface area contributed by atoms with Crippen molar-refractivity contribution in [3.63, 3.8) is 0 Å². The van der Waals surface area contributed by atoms with E-state index in [4.69, 9.17) is 22.4 Å². The molecule has 4 N–H and O–H groups in total. The Morgan fingerprint density at radius 3 is 2.15 bits per heavy atom. The molecule has 102 valence electrons. The number of benzene rings is 2. The summed E-state index contributed by atoms with van der Waals surface area (Å²) < 4.78 is 0. The zero-order valence-electron chi connectivity index (χ0n) is 10.3. The van der Waals surface area contributed by atoms with Crippen LogP contribution in [0.5, 0.6) is 0 Å². The molecular formula is C14H11ClN2O3. The summed E-state index contributed by atoms with van der Waals surface area (Å²) in [5.41, 5.74) is 6.99. The van der Waals surface area contributed by atoms with Crippen LogP contribution in [0.15, 0.2) is 42.5 Å². The monoisotopic (exact) mass is 290 g/mol. The number of amides is 1. The number of rotatable bonds is 4. The lowest BCUT2D eigenvalue weighted by atomic mass is 10.1. The third-order valence-corrected chi connectivity index (χ3v) is 2.97. The van der Waals surface area contributed by atoms with Crippen LogP contribution in [0.1, 0.15) is 20.7 Å². The Bertz CT molecular complexity index is 669. The van der Waals surface area contributed by atoms with Crippen molar-refractivity contribution in [2.45, 2.75) is 0 Å². The number of carboxylic acid groups (broad SMARTS) is 1. The zero-order valence-corrected chi connectivity index (χ0v) is 11.0. The predicted octanol–water partition coefficient (Wildman–Crippen LogP) is 2.88. The normalized spacial score (nSPS) is 10.1. The Kier molecular flexibility index (Phi) is 3.91. The van der Waals surface area contributed by atoms with Gasteiger partial charge in [0.15, 0.2) is 0 Å². The minimum absolute atomic E-state index is 0.206. The average molecular weight is 291 g/mol. The highest BCUT2D eigenvalue weighted by Crippen LogP contribution is 2.23. The maximum atomic E-state index is 11.1. The number of carboxylic acids is 1. The van der Waals surface area contributed by atoms with Crippen LogP contribution in [-0.4, -0.2) is 17.0 Å². The molecule has 0 saturated carbocycles. The summed E-state index contributed by atoms with van der Waals surface area (Å²) in [6.07, 6.45) is 0. The van der Waals surface area contributed by atoms with Gasteiger partial charge in [0.05, 0.1) is 16.1 Å². The highest BCUT2D eigenvalue weighted by Gasteiger charge is 2.07. The number of hydrogen-bond donors (Lipinski definition) is 3. The summed E-state index contributed by atoms with van der Waals surface area (Å²) in [6, 6.07) is 11.0. The van der Waals surface area contributed by atoms with E-state index in [1.54, 1.807) is 24.3 Å². The van der Waals surface area contributed by atoms with E-state index in [0.29, 0.717) is 11.4 Å². The predicted molar refractivity (Wildman–Crippen MR) is 76.7 cm³/mol. The number of carbonyl (C=O) groups is 2. The van der Waals surface area contributed by atoms with Gasteiger partial charge in [-0.3, -0.25) is 4.79 Å². The van der Waals surface area contributed by atoms with Gasteiger partial charge in [0.25, 0.3) is 0 Å². The van der Waals surface area contributed by atoms with Crippen molar-refractivity contribution < 1.29 is 14.7 Å². The molecule has 6 heteroatoms. The molecule has 0 fully saturated rings. The summed E-state index contributed by atoms with van der Waals surface area (Å²) in [5.74, 6) is -1.57. The highest BCUT2D eigenvalue weighted by atomic mass is 35.5. The summed E-state index contributed by atoms with van der Waals surface area (Å²) >= 11 is 5.94. The molecule has 0 aliphatic heterocycles. The zero-order chi connectivity index (χ0) is 14.7. The van der Waals surface area contributed by atoms with Gasteiger partial charge in [-0.05, 0) is 42.5 Å². The first-order chi connectivity index (χ1) is 9.47. The fraction of sp³-hybridized carbons (Fsp3) is 0. The molecule has 1 amide bonds.